The Hall–Kier alpha value is -1.29. The van der Waals surface area contributed by atoms with Crippen LogP contribution in [0.15, 0.2) is 18.3 Å². The molecule has 0 aromatic carbocycles. The van der Waals surface area contributed by atoms with Crippen molar-refractivity contribution in [3.05, 3.63) is 18.3 Å². The molecule has 1 aromatic rings. The summed E-state index contributed by atoms with van der Waals surface area (Å²) in [5, 5.41) is 3.51. The van der Waals surface area contributed by atoms with Gasteiger partial charge in [0.15, 0.2) is 11.6 Å². The molecule has 0 aliphatic heterocycles. The van der Waals surface area contributed by atoms with Gasteiger partial charge in [-0.3, -0.25) is 0 Å². The van der Waals surface area contributed by atoms with E-state index in [-0.39, 0.29) is 6.10 Å². The van der Waals surface area contributed by atoms with E-state index >= 15 is 0 Å². The van der Waals surface area contributed by atoms with Crippen molar-refractivity contribution in [1.82, 2.24) is 4.98 Å². The molecule has 2 rings (SSSR count). The summed E-state index contributed by atoms with van der Waals surface area (Å²) in [5.74, 6) is 2.29. The molecule has 4 heteroatoms. The van der Waals surface area contributed by atoms with Crippen molar-refractivity contribution >= 4 is 5.82 Å². The van der Waals surface area contributed by atoms with Gasteiger partial charge in [0, 0.05) is 18.8 Å². The fraction of sp³-hybridized carbons (Fsp3) is 0.688. The van der Waals surface area contributed by atoms with Crippen LogP contribution in [-0.2, 0) is 0 Å². The highest BCUT2D eigenvalue weighted by Crippen LogP contribution is 2.30. The molecule has 4 nitrogen and oxygen atoms in total. The maximum absolute atomic E-state index is 5.97. The molecule has 1 saturated carbocycles. The molecule has 112 valence electrons. The zero-order chi connectivity index (χ0) is 14.4. The number of rotatable bonds is 6. The maximum Gasteiger partial charge on any atom is 0.169 e. The molecule has 1 atom stereocenters. The van der Waals surface area contributed by atoms with Crippen molar-refractivity contribution in [2.24, 2.45) is 11.7 Å². The number of hydrogen-bond acceptors (Lipinski definition) is 4. The summed E-state index contributed by atoms with van der Waals surface area (Å²) in [6.07, 6.45) is 8.47. The van der Waals surface area contributed by atoms with Crippen LogP contribution in [0.3, 0.4) is 0 Å². The molecular formula is C16H27N3O. The summed E-state index contributed by atoms with van der Waals surface area (Å²) in [6, 6.07) is 4.16. The van der Waals surface area contributed by atoms with Crippen molar-refractivity contribution < 1.29 is 4.74 Å². The normalized spacial score (nSPS) is 18.0. The third kappa shape index (κ3) is 4.10. The maximum atomic E-state index is 5.97. The number of anilines is 1. The van der Waals surface area contributed by atoms with E-state index in [1.807, 2.05) is 26.0 Å². The minimum absolute atomic E-state index is 0.144. The van der Waals surface area contributed by atoms with Gasteiger partial charge < -0.3 is 15.8 Å². The van der Waals surface area contributed by atoms with Crippen LogP contribution in [0.25, 0.3) is 0 Å². The van der Waals surface area contributed by atoms with Crippen LogP contribution in [0.2, 0.25) is 0 Å². The summed E-state index contributed by atoms with van der Waals surface area (Å²) in [7, 11) is 0. The predicted molar refractivity (Wildman–Crippen MR) is 83.0 cm³/mol. The Labute approximate surface area is 122 Å². The zero-order valence-corrected chi connectivity index (χ0v) is 12.6. The van der Waals surface area contributed by atoms with E-state index in [1.165, 1.54) is 32.1 Å². The lowest BCUT2D eigenvalue weighted by Gasteiger charge is -2.31. The lowest BCUT2D eigenvalue weighted by Crippen LogP contribution is -2.37. The van der Waals surface area contributed by atoms with E-state index in [2.05, 4.69) is 10.3 Å². The van der Waals surface area contributed by atoms with E-state index in [1.54, 1.807) is 6.20 Å². The first kappa shape index (κ1) is 15.1. The summed E-state index contributed by atoms with van der Waals surface area (Å²) >= 11 is 0. The molecule has 1 unspecified atom stereocenters. The second-order valence-electron chi connectivity index (χ2n) is 5.90. The lowest BCUT2D eigenvalue weighted by atomic mass is 9.84. The van der Waals surface area contributed by atoms with Gasteiger partial charge >= 0.3 is 0 Å². The van der Waals surface area contributed by atoms with Gasteiger partial charge in [0.05, 0.1) is 6.10 Å². The molecule has 0 spiro atoms. The molecule has 0 saturated heterocycles. The van der Waals surface area contributed by atoms with Crippen LogP contribution >= 0.6 is 0 Å². The standard InChI is InChI=1S/C16H27N3O/c1-12(2)20-15-9-6-10-18-16(15)19-14(11-17)13-7-4-3-5-8-13/h6,9-10,12-14H,3-5,7-8,11,17H2,1-2H3,(H,18,19). The molecule has 20 heavy (non-hydrogen) atoms. The van der Waals surface area contributed by atoms with Gasteiger partial charge in [-0.15, -0.1) is 0 Å². The molecule has 0 radical (unpaired) electrons. The minimum atomic E-state index is 0.144. The number of aromatic nitrogens is 1. The van der Waals surface area contributed by atoms with Crippen LogP contribution < -0.4 is 15.8 Å². The van der Waals surface area contributed by atoms with E-state index in [0.29, 0.717) is 18.5 Å². The van der Waals surface area contributed by atoms with Gasteiger partial charge in [-0.1, -0.05) is 19.3 Å². The van der Waals surface area contributed by atoms with Crippen LogP contribution in [0.5, 0.6) is 5.75 Å². The number of nitrogens with one attached hydrogen (secondary N) is 1. The molecule has 1 heterocycles. The molecular weight excluding hydrogens is 250 g/mol. The number of ether oxygens (including phenoxy) is 1. The average Bonchev–Trinajstić information content (AvgIpc) is 2.46. The Balaban J connectivity index is 2.06. The third-order valence-electron chi connectivity index (χ3n) is 3.93. The van der Waals surface area contributed by atoms with Gasteiger partial charge in [-0.2, -0.15) is 0 Å². The highest BCUT2D eigenvalue weighted by Gasteiger charge is 2.23. The molecule has 1 aliphatic rings. The Morgan fingerprint density at radius 3 is 2.75 bits per heavy atom. The first-order valence-electron chi connectivity index (χ1n) is 7.79. The summed E-state index contributed by atoms with van der Waals surface area (Å²) < 4.78 is 5.81. The monoisotopic (exact) mass is 277 g/mol. The Kier molecular flexibility index (Phi) is 5.65. The average molecular weight is 277 g/mol. The zero-order valence-electron chi connectivity index (χ0n) is 12.6. The van der Waals surface area contributed by atoms with Gasteiger partial charge in [-0.25, -0.2) is 4.98 Å². The largest absolute Gasteiger partial charge is 0.487 e. The lowest BCUT2D eigenvalue weighted by molar-refractivity contribution is 0.242. The second kappa shape index (κ2) is 7.48. The summed E-state index contributed by atoms with van der Waals surface area (Å²) in [5.41, 5.74) is 5.97. The molecule has 1 aromatic heterocycles. The first-order chi connectivity index (χ1) is 9.70. The second-order valence-corrected chi connectivity index (χ2v) is 5.90. The fourth-order valence-corrected chi connectivity index (χ4v) is 2.93. The number of pyridine rings is 1. The Bertz CT molecular complexity index is 402. The summed E-state index contributed by atoms with van der Waals surface area (Å²) in [6.45, 7) is 4.69. The van der Waals surface area contributed by atoms with Crippen molar-refractivity contribution in [2.45, 2.75) is 58.1 Å². The van der Waals surface area contributed by atoms with E-state index in [4.69, 9.17) is 10.5 Å². The van der Waals surface area contributed by atoms with Crippen LogP contribution in [-0.4, -0.2) is 23.7 Å². The van der Waals surface area contributed by atoms with Crippen molar-refractivity contribution in [3.8, 4) is 5.75 Å². The smallest absolute Gasteiger partial charge is 0.169 e. The first-order valence-corrected chi connectivity index (χ1v) is 7.79. The van der Waals surface area contributed by atoms with Gasteiger partial charge in [0.25, 0.3) is 0 Å². The Morgan fingerprint density at radius 1 is 1.35 bits per heavy atom. The van der Waals surface area contributed by atoms with E-state index in [9.17, 15) is 0 Å². The highest BCUT2D eigenvalue weighted by molar-refractivity contribution is 5.50. The van der Waals surface area contributed by atoms with Crippen LogP contribution in [0.4, 0.5) is 5.82 Å². The SMILES string of the molecule is CC(C)Oc1cccnc1NC(CN)C1CCCCC1. The highest BCUT2D eigenvalue weighted by atomic mass is 16.5. The molecule has 3 N–H and O–H groups in total. The fourth-order valence-electron chi connectivity index (χ4n) is 2.93. The third-order valence-corrected chi connectivity index (χ3v) is 3.93. The van der Waals surface area contributed by atoms with Crippen LogP contribution in [0.1, 0.15) is 46.0 Å². The van der Waals surface area contributed by atoms with Gasteiger partial charge in [-0.05, 0) is 44.7 Å². The predicted octanol–water partition coefficient (Wildman–Crippen LogP) is 3.19. The molecule has 0 amide bonds. The Morgan fingerprint density at radius 2 is 2.10 bits per heavy atom. The van der Waals surface area contributed by atoms with E-state index < -0.39 is 0 Å². The number of nitrogens with zero attached hydrogens (tertiary/aromatic N) is 1. The number of hydrogen-bond donors (Lipinski definition) is 2. The van der Waals surface area contributed by atoms with Gasteiger partial charge in [0.1, 0.15) is 0 Å². The molecule has 0 bridgehead atoms. The molecule has 1 fully saturated rings. The van der Waals surface area contributed by atoms with Gasteiger partial charge in [0.2, 0.25) is 0 Å². The number of nitrogens with two attached hydrogens (primary N) is 1. The topological polar surface area (TPSA) is 60.2 Å². The minimum Gasteiger partial charge on any atom is -0.487 e. The quantitative estimate of drug-likeness (QED) is 0.838. The van der Waals surface area contributed by atoms with E-state index in [0.717, 1.165) is 11.6 Å². The van der Waals surface area contributed by atoms with Crippen LogP contribution in [0, 0.1) is 5.92 Å². The van der Waals surface area contributed by atoms with Crippen molar-refractivity contribution in [2.75, 3.05) is 11.9 Å². The summed E-state index contributed by atoms with van der Waals surface area (Å²) in [4.78, 5) is 4.42. The molecule has 1 aliphatic carbocycles. The van der Waals surface area contributed by atoms with Crippen molar-refractivity contribution in [1.29, 1.82) is 0 Å². The van der Waals surface area contributed by atoms with Crippen molar-refractivity contribution in [3.63, 3.8) is 0 Å².